The zero-order valence-corrected chi connectivity index (χ0v) is 9.20. The van der Waals surface area contributed by atoms with Crippen LogP contribution < -0.4 is 5.90 Å². The lowest BCUT2D eigenvalue weighted by Gasteiger charge is -2.25. The van der Waals surface area contributed by atoms with E-state index in [0.717, 1.165) is 0 Å². The summed E-state index contributed by atoms with van der Waals surface area (Å²) in [7, 11) is 0. The molecule has 94 valence electrons. The average Bonchev–Trinajstić information content (AvgIpc) is 2.62. The Labute approximate surface area is 93.0 Å². The number of hydrogen-bond donors (Lipinski definition) is 3. The average molecular weight is 235 g/mol. The van der Waals surface area contributed by atoms with Crippen molar-refractivity contribution in [3.8, 4) is 0 Å². The molecule has 2 aliphatic rings. The van der Waals surface area contributed by atoms with Crippen LogP contribution in [-0.4, -0.2) is 53.3 Å². The van der Waals surface area contributed by atoms with Crippen LogP contribution >= 0.6 is 0 Å². The lowest BCUT2D eigenvalue weighted by Crippen LogP contribution is -2.43. The Kier molecular flexibility index (Phi) is 3.19. The van der Waals surface area contributed by atoms with E-state index in [0.29, 0.717) is 0 Å². The van der Waals surface area contributed by atoms with Crippen molar-refractivity contribution in [1.82, 2.24) is 0 Å². The summed E-state index contributed by atoms with van der Waals surface area (Å²) < 4.78 is 16.2. The Bertz CT molecular complexity index is 260. The van der Waals surface area contributed by atoms with Gasteiger partial charge in [0, 0.05) is 0 Å². The molecule has 0 unspecified atom stereocenters. The van der Waals surface area contributed by atoms with Crippen LogP contribution in [0.4, 0.5) is 0 Å². The molecular weight excluding hydrogens is 218 g/mol. The maximum atomic E-state index is 9.90. The summed E-state index contributed by atoms with van der Waals surface area (Å²) in [5, 5.41) is 19.5. The van der Waals surface area contributed by atoms with Crippen LogP contribution in [0, 0.1) is 0 Å². The second kappa shape index (κ2) is 4.19. The topological polar surface area (TPSA) is 103 Å². The van der Waals surface area contributed by atoms with Gasteiger partial charge in [0.2, 0.25) is 0 Å². The molecule has 0 saturated carbocycles. The molecule has 2 aliphatic heterocycles. The maximum absolute atomic E-state index is 9.90. The molecule has 2 rings (SSSR count). The Hall–Kier alpha value is -0.280. The van der Waals surface area contributed by atoms with Crippen molar-refractivity contribution in [2.24, 2.45) is 5.90 Å². The fourth-order valence-electron chi connectivity index (χ4n) is 2.03. The van der Waals surface area contributed by atoms with E-state index in [1.54, 1.807) is 13.8 Å². The van der Waals surface area contributed by atoms with Gasteiger partial charge in [-0.1, -0.05) is 0 Å². The van der Waals surface area contributed by atoms with E-state index in [2.05, 4.69) is 4.84 Å². The first-order valence-corrected chi connectivity index (χ1v) is 5.13. The zero-order chi connectivity index (χ0) is 11.9. The second-order valence-corrected chi connectivity index (χ2v) is 4.46. The van der Waals surface area contributed by atoms with Gasteiger partial charge in [-0.3, -0.25) is 0 Å². The third kappa shape index (κ3) is 2.07. The number of nitrogens with two attached hydrogens (primary N) is 1. The molecule has 5 atom stereocenters. The summed E-state index contributed by atoms with van der Waals surface area (Å²) in [5.41, 5.74) is 0. The van der Waals surface area contributed by atoms with E-state index < -0.39 is 36.5 Å². The Morgan fingerprint density at radius 1 is 1.44 bits per heavy atom. The highest BCUT2D eigenvalue weighted by atomic mass is 16.8. The predicted molar refractivity (Wildman–Crippen MR) is 50.9 cm³/mol. The summed E-state index contributed by atoms with van der Waals surface area (Å²) in [6.45, 7) is 3.34. The van der Waals surface area contributed by atoms with E-state index in [1.165, 1.54) is 0 Å². The van der Waals surface area contributed by atoms with Crippen LogP contribution in [0.2, 0.25) is 0 Å². The van der Waals surface area contributed by atoms with Gasteiger partial charge in [-0.2, -0.15) is 0 Å². The highest BCUT2D eigenvalue weighted by Gasteiger charge is 2.55. The number of ether oxygens (including phenoxy) is 3. The van der Waals surface area contributed by atoms with E-state index in [-0.39, 0.29) is 6.61 Å². The highest BCUT2D eigenvalue weighted by molar-refractivity contribution is 4.95. The predicted octanol–water partition coefficient (Wildman–Crippen LogP) is -1.53. The molecule has 2 saturated heterocycles. The molecule has 16 heavy (non-hydrogen) atoms. The quantitative estimate of drug-likeness (QED) is 0.510. The third-order valence-corrected chi connectivity index (χ3v) is 2.70. The molecule has 0 aromatic carbocycles. The molecule has 0 radical (unpaired) electrons. The normalized spacial score (nSPS) is 43.3. The number of aliphatic hydroxyl groups excluding tert-OH is 2. The SMILES string of the molecule is CC1(C)O[C@H]2O[C@H]([C@H](O)CON)[C@H](O)[C@H]2O1. The molecule has 7 heteroatoms. The van der Waals surface area contributed by atoms with Crippen LogP contribution in [0.3, 0.4) is 0 Å². The van der Waals surface area contributed by atoms with Crippen molar-refractivity contribution in [2.75, 3.05) is 6.61 Å². The van der Waals surface area contributed by atoms with E-state index >= 15 is 0 Å². The summed E-state index contributed by atoms with van der Waals surface area (Å²) in [6, 6.07) is 0. The lowest BCUT2D eigenvalue weighted by molar-refractivity contribution is -0.228. The minimum Gasteiger partial charge on any atom is -0.388 e. The van der Waals surface area contributed by atoms with E-state index in [9.17, 15) is 10.2 Å². The van der Waals surface area contributed by atoms with Crippen molar-refractivity contribution >= 4 is 0 Å². The zero-order valence-electron chi connectivity index (χ0n) is 9.20. The van der Waals surface area contributed by atoms with Crippen LogP contribution in [0.5, 0.6) is 0 Å². The van der Waals surface area contributed by atoms with Gasteiger partial charge < -0.3 is 29.3 Å². The largest absolute Gasteiger partial charge is 0.388 e. The maximum Gasteiger partial charge on any atom is 0.190 e. The molecule has 2 fully saturated rings. The molecule has 0 amide bonds. The van der Waals surface area contributed by atoms with Gasteiger partial charge in [0.25, 0.3) is 0 Å². The Balaban J connectivity index is 1.99. The minimum atomic E-state index is -1.01. The number of hydrogen-bond acceptors (Lipinski definition) is 7. The third-order valence-electron chi connectivity index (χ3n) is 2.70. The summed E-state index contributed by atoms with van der Waals surface area (Å²) in [4.78, 5) is 4.30. The van der Waals surface area contributed by atoms with Crippen molar-refractivity contribution in [3.63, 3.8) is 0 Å². The van der Waals surface area contributed by atoms with Gasteiger partial charge in [-0.15, -0.1) is 0 Å². The molecule has 7 nitrogen and oxygen atoms in total. The highest BCUT2D eigenvalue weighted by Crippen LogP contribution is 2.38. The minimum absolute atomic E-state index is 0.120. The smallest absolute Gasteiger partial charge is 0.190 e. The van der Waals surface area contributed by atoms with E-state index in [4.69, 9.17) is 20.1 Å². The van der Waals surface area contributed by atoms with Crippen molar-refractivity contribution in [1.29, 1.82) is 0 Å². The molecule has 0 aliphatic carbocycles. The number of aliphatic hydroxyl groups is 2. The van der Waals surface area contributed by atoms with Crippen LogP contribution in [0.25, 0.3) is 0 Å². The second-order valence-electron chi connectivity index (χ2n) is 4.46. The van der Waals surface area contributed by atoms with Gasteiger partial charge >= 0.3 is 0 Å². The Morgan fingerprint density at radius 3 is 2.69 bits per heavy atom. The first-order chi connectivity index (χ1) is 7.44. The van der Waals surface area contributed by atoms with Gasteiger partial charge in [0.1, 0.15) is 24.4 Å². The molecular formula is C9H17NO6. The summed E-state index contributed by atoms with van der Waals surface area (Å²) in [5.74, 6) is 4.06. The van der Waals surface area contributed by atoms with Crippen molar-refractivity contribution in [3.05, 3.63) is 0 Å². The fourth-order valence-corrected chi connectivity index (χ4v) is 2.03. The molecule has 4 N–H and O–H groups in total. The van der Waals surface area contributed by atoms with Crippen LogP contribution in [0.1, 0.15) is 13.8 Å². The number of rotatable bonds is 3. The molecule has 0 aromatic heterocycles. The first-order valence-electron chi connectivity index (χ1n) is 5.13. The Morgan fingerprint density at radius 2 is 2.12 bits per heavy atom. The lowest BCUT2D eigenvalue weighted by atomic mass is 10.1. The fraction of sp³-hybridized carbons (Fsp3) is 1.00. The van der Waals surface area contributed by atoms with Gasteiger partial charge in [-0.05, 0) is 13.8 Å². The molecule has 2 heterocycles. The van der Waals surface area contributed by atoms with Crippen LogP contribution in [-0.2, 0) is 19.0 Å². The van der Waals surface area contributed by atoms with E-state index in [1.807, 2.05) is 0 Å². The van der Waals surface area contributed by atoms with Crippen molar-refractivity contribution in [2.45, 2.75) is 50.3 Å². The molecule has 0 aromatic rings. The van der Waals surface area contributed by atoms with Gasteiger partial charge in [0.05, 0.1) is 6.61 Å². The standard InChI is InChI=1S/C9H17NO6/c1-9(2)15-7-5(12)6(4(11)3-13-10)14-8(7)16-9/h4-8,11-12H,3,10H2,1-2H3/t4-,5+,6-,7-,8-/m1/s1. The number of fused-ring (bicyclic) bond motifs is 1. The van der Waals surface area contributed by atoms with Crippen LogP contribution in [0.15, 0.2) is 0 Å². The molecule has 0 bridgehead atoms. The first kappa shape index (κ1) is 12.2. The van der Waals surface area contributed by atoms with Gasteiger partial charge in [0.15, 0.2) is 12.1 Å². The monoisotopic (exact) mass is 235 g/mol. The summed E-state index contributed by atoms with van der Waals surface area (Å²) >= 11 is 0. The van der Waals surface area contributed by atoms with Gasteiger partial charge in [-0.25, -0.2) is 5.90 Å². The van der Waals surface area contributed by atoms with Crippen molar-refractivity contribution < 1.29 is 29.3 Å². The summed E-state index contributed by atoms with van der Waals surface area (Å²) in [6.07, 6.45) is -4.04. The molecule has 0 spiro atoms.